The predicted octanol–water partition coefficient (Wildman–Crippen LogP) is 3.03. The lowest BCUT2D eigenvalue weighted by Gasteiger charge is -2.03. The Balaban J connectivity index is 2.12. The lowest BCUT2D eigenvalue weighted by Crippen LogP contribution is -1.89. The number of hydrogen-bond acceptors (Lipinski definition) is 2. The van der Waals surface area contributed by atoms with Crippen molar-refractivity contribution >= 4 is 10.9 Å². The zero-order valence-corrected chi connectivity index (χ0v) is 9.72. The van der Waals surface area contributed by atoms with Gasteiger partial charge in [0.05, 0.1) is 5.52 Å². The molecule has 1 aromatic heterocycles. The van der Waals surface area contributed by atoms with Gasteiger partial charge in [-0.25, -0.2) is 0 Å². The predicted molar refractivity (Wildman–Crippen MR) is 70.1 cm³/mol. The van der Waals surface area contributed by atoms with E-state index in [4.69, 9.17) is 5.26 Å². The van der Waals surface area contributed by atoms with Crippen LogP contribution in [-0.4, -0.2) is 10.2 Å². The fourth-order valence-electron chi connectivity index (χ4n) is 2.19. The summed E-state index contributed by atoms with van der Waals surface area (Å²) in [5.41, 5.74) is 3.75. The molecule has 86 valence electrons. The topological polar surface area (TPSA) is 52.5 Å². The minimum Gasteiger partial charge on any atom is -0.276 e. The monoisotopic (exact) mass is 233 g/mol. The van der Waals surface area contributed by atoms with Gasteiger partial charge in [0, 0.05) is 5.39 Å². The molecule has 3 rings (SSSR count). The van der Waals surface area contributed by atoms with E-state index in [1.165, 1.54) is 5.56 Å². The maximum atomic E-state index is 9.08. The molecule has 0 saturated heterocycles. The molecule has 3 nitrogen and oxygen atoms in total. The number of nitriles is 1. The third-order valence-electron chi connectivity index (χ3n) is 3.02. The highest BCUT2D eigenvalue weighted by Gasteiger charge is 2.09. The Morgan fingerprint density at radius 1 is 1.06 bits per heavy atom. The van der Waals surface area contributed by atoms with E-state index in [0.717, 1.165) is 22.9 Å². The van der Waals surface area contributed by atoms with E-state index < -0.39 is 0 Å². The van der Waals surface area contributed by atoms with Crippen molar-refractivity contribution in [2.24, 2.45) is 0 Å². The van der Waals surface area contributed by atoms with Crippen molar-refractivity contribution in [3.63, 3.8) is 0 Å². The third kappa shape index (κ3) is 1.74. The summed E-state index contributed by atoms with van der Waals surface area (Å²) >= 11 is 0. The Morgan fingerprint density at radius 2 is 1.89 bits per heavy atom. The summed E-state index contributed by atoms with van der Waals surface area (Å²) in [6, 6.07) is 18.3. The Hall–Kier alpha value is -2.60. The Kier molecular flexibility index (Phi) is 2.54. The Labute approximate surface area is 105 Å². The van der Waals surface area contributed by atoms with Crippen LogP contribution >= 0.6 is 0 Å². The van der Waals surface area contributed by atoms with Gasteiger partial charge in [-0.05, 0) is 23.6 Å². The van der Waals surface area contributed by atoms with Crippen LogP contribution in [0.3, 0.4) is 0 Å². The van der Waals surface area contributed by atoms with Crippen molar-refractivity contribution in [3.8, 4) is 6.07 Å². The molecule has 0 unspecified atom stereocenters. The maximum Gasteiger partial charge on any atom is 0.170 e. The van der Waals surface area contributed by atoms with E-state index in [1.807, 2.05) is 36.4 Å². The smallest absolute Gasteiger partial charge is 0.170 e. The number of fused-ring (bicyclic) bond motifs is 1. The first-order chi connectivity index (χ1) is 8.88. The molecular weight excluding hydrogens is 222 g/mol. The van der Waals surface area contributed by atoms with E-state index in [1.54, 1.807) is 0 Å². The van der Waals surface area contributed by atoms with Crippen LogP contribution in [-0.2, 0) is 6.42 Å². The van der Waals surface area contributed by atoms with Crippen molar-refractivity contribution in [1.82, 2.24) is 10.2 Å². The highest BCUT2D eigenvalue weighted by Crippen LogP contribution is 2.22. The average molecular weight is 233 g/mol. The van der Waals surface area contributed by atoms with Gasteiger partial charge in [-0.15, -0.1) is 0 Å². The third-order valence-corrected chi connectivity index (χ3v) is 3.02. The Bertz CT molecular complexity index is 720. The summed E-state index contributed by atoms with van der Waals surface area (Å²) in [5.74, 6) is 0. The van der Waals surface area contributed by atoms with Gasteiger partial charge in [-0.3, -0.25) is 5.10 Å². The SMILES string of the molecule is N#Cc1n[nH]c2cccc(Cc3ccccc3)c12. The number of H-pyrrole nitrogens is 1. The van der Waals surface area contributed by atoms with Crippen LogP contribution in [0.5, 0.6) is 0 Å². The molecule has 18 heavy (non-hydrogen) atoms. The number of nitrogens with one attached hydrogen (secondary N) is 1. The van der Waals surface area contributed by atoms with Crippen LogP contribution in [0.15, 0.2) is 48.5 Å². The molecule has 0 aliphatic heterocycles. The van der Waals surface area contributed by atoms with Gasteiger partial charge in [0.1, 0.15) is 6.07 Å². The zero-order valence-electron chi connectivity index (χ0n) is 9.72. The lowest BCUT2D eigenvalue weighted by molar-refractivity contribution is 1.10. The molecular formula is C15H11N3. The standard InChI is InChI=1S/C15H11N3/c16-10-14-15-12(7-4-8-13(15)17-18-14)9-11-5-2-1-3-6-11/h1-8H,9H2,(H,17,18). The lowest BCUT2D eigenvalue weighted by atomic mass is 10.0. The van der Waals surface area contributed by atoms with Crippen LogP contribution in [0.4, 0.5) is 0 Å². The van der Waals surface area contributed by atoms with Crippen LogP contribution < -0.4 is 0 Å². The van der Waals surface area contributed by atoms with Crippen molar-refractivity contribution in [3.05, 3.63) is 65.4 Å². The average Bonchev–Trinajstić information content (AvgIpc) is 2.84. The first kappa shape index (κ1) is 10.5. The molecule has 1 N–H and O–H groups in total. The van der Waals surface area contributed by atoms with E-state index in [2.05, 4.69) is 28.4 Å². The van der Waals surface area contributed by atoms with E-state index in [9.17, 15) is 0 Å². The summed E-state index contributed by atoms with van der Waals surface area (Å²) in [6.45, 7) is 0. The van der Waals surface area contributed by atoms with E-state index in [0.29, 0.717) is 5.69 Å². The quantitative estimate of drug-likeness (QED) is 0.739. The molecule has 0 aliphatic carbocycles. The number of aromatic nitrogens is 2. The van der Waals surface area contributed by atoms with Gasteiger partial charge in [0.25, 0.3) is 0 Å². The summed E-state index contributed by atoms with van der Waals surface area (Å²) in [5, 5.41) is 16.9. The number of benzene rings is 2. The number of hydrogen-bond donors (Lipinski definition) is 1. The molecule has 3 heteroatoms. The van der Waals surface area contributed by atoms with Crippen LogP contribution in [0.25, 0.3) is 10.9 Å². The molecule has 0 bridgehead atoms. The molecule has 0 amide bonds. The molecule has 0 saturated carbocycles. The summed E-state index contributed by atoms with van der Waals surface area (Å²) in [6.07, 6.45) is 0.812. The fraction of sp³-hybridized carbons (Fsp3) is 0.0667. The van der Waals surface area contributed by atoms with Crippen molar-refractivity contribution in [1.29, 1.82) is 5.26 Å². The largest absolute Gasteiger partial charge is 0.276 e. The highest BCUT2D eigenvalue weighted by atomic mass is 15.1. The van der Waals surface area contributed by atoms with Gasteiger partial charge >= 0.3 is 0 Å². The molecule has 0 fully saturated rings. The molecule has 0 spiro atoms. The van der Waals surface area contributed by atoms with Gasteiger partial charge in [-0.1, -0.05) is 42.5 Å². The summed E-state index contributed by atoms with van der Waals surface area (Å²) in [7, 11) is 0. The van der Waals surface area contributed by atoms with Crippen LogP contribution in [0, 0.1) is 11.3 Å². The van der Waals surface area contributed by atoms with Gasteiger partial charge < -0.3 is 0 Å². The maximum absolute atomic E-state index is 9.08. The zero-order chi connectivity index (χ0) is 12.4. The molecule has 3 aromatic rings. The van der Waals surface area contributed by atoms with Gasteiger partial charge in [0.2, 0.25) is 0 Å². The molecule has 1 heterocycles. The second-order valence-electron chi connectivity index (χ2n) is 4.19. The second-order valence-corrected chi connectivity index (χ2v) is 4.19. The van der Waals surface area contributed by atoms with Crippen molar-refractivity contribution in [2.75, 3.05) is 0 Å². The van der Waals surface area contributed by atoms with Gasteiger partial charge in [0.15, 0.2) is 5.69 Å². The molecule has 0 radical (unpaired) electrons. The van der Waals surface area contributed by atoms with Crippen LogP contribution in [0.1, 0.15) is 16.8 Å². The molecule has 2 aromatic carbocycles. The minimum atomic E-state index is 0.469. The summed E-state index contributed by atoms with van der Waals surface area (Å²) in [4.78, 5) is 0. The second kappa shape index (κ2) is 4.34. The molecule has 0 atom stereocenters. The number of rotatable bonds is 2. The Morgan fingerprint density at radius 3 is 2.67 bits per heavy atom. The number of aromatic amines is 1. The van der Waals surface area contributed by atoms with E-state index >= 15 is 0 Å². The number of nitrogens with zero attached hydrogens (tertiary/aromatic N) is 2. The van der Waals surface area contributed by atoms with Crippen LogP contribution in [0.2, 0.25) is 0 Å². The first-order valence-electron chi connectivity index (χ1n) is 5.78. The molecule has 0 aliphatic rings. The normalized spacial score (nSPS) is 10.4. The van der Waals surface area contributed by atoms with Crippen molar-refractivity contribution in [2.45, 2.75) is 6.42 Å². The van der Waals surface area contributed by atoms with Gasteiger partial charge in [-0.2, -0.15) is 10.4 Å². The summed E-state index contributed by atoms with van der Waals surface area (Å²) < 4.78 is 0. The minimum absolute atomic E-state index is 0.469. The van der Waals surface area contributed by atoms with Crippen molar-refractivity contribution < 1.29 is 0 Å². The first-order valence-corrected chi connectivity index (χ1v) is 5.78. The fourth-order valence-corrected chi connectivity index (χ4v) is 2.19. The highest BCUT2D eigenvalue weighted by molar-refractivity contribution is 5.87. The van der Waals surface area contributed by atoms with E-state index in [-0.39, 0.29) is 0 Å².